The van der Waals surface area contributed by atoms with Crippen LogP contribution in [0.3, 0.4) is 0 Å². The van der Waals surface area contributed by atoms with E-state index >= 15 is 0 Å². The lowest BCUT2D eigenvalue weighted by Crippen LogP contribution is -2.41. The van der Waals surface area contributed by atoms with Crippen molar-refractivity contribution in [1.29, 1.82) is 0 Å². The van der Waals surface area contributed by atoms with E-state index in [0.29, 0.717) is 15.8 Å². The molecule has 3 aromatic heterocycles. The highest BCUT2D eigenvalue weighted by atomic mass is 79.9. The van der Waals surface area contributed by atoms with Gasteiger partial charge in [-0.05, 0) is 69.6 Å². The number of pyridine rings is 3. The molecule has 0 radical (unpaired) electrons. The van der Waals surface area contributed by atoms with Gasteiger partial charge in [-0.2, -0.15) is 0 Å². The number of nitrogens with two attached hydrogens (primary N) is 1. The Morgan fingerprint density at radius 2 is 0.979 bits per heavy atom. The molecule has 0 saturated carbocycles. The van der Waals surface area contributed by atoms with Crippen LogP contribution in [0.1, 0.15) is 27.7 Å². The van der Waals surface area contributed by atoms with Crippen molar-refractivity contribution in [1.82, 2.24) is 15.0 Å². The van der Waals surface area contributed by atoms with E-state index in [-0.39, 0.29) is 19.1 Å². The molecule has 4 heterocycles. The molecule has 3 aromatic rings. The molecule has 1 aliphatic heterocycles. The molecule has 48 heavy (non-hydrogen) atoms. The third kappa shape index (κ3) is 11.6. The molecule has 0 aliphatic carbocycles. The zero-order valence-electron chi connectivity index (χ0n) is 27.1. The van der Waals surface area contributed by atoms with Gasteiger partial charge in [-0.25, -0.2) is 48.6 Å². The summed E-state index contributed by atoms with van der Waals surface area (Å²) in [6.07, 6.45) is 7.49. The number of nitrogen functional groups attached to an aromatic ring is 1. The minimum Gasteiger partial charge on any atom is -0.399 e. The summed E-state index contributed by atoms with van der Waals surface area (Å²) >= 11 is 6.35. The van der Waals surface area contributed by atoms with E-state index in [0.717, 1.165) is 29.5 Å². The fourth-order valence-corrected chi connectivity index (χ4v) is 10.1. The summed E-state index contributed by atoms with van der Waals surface area (Å²) < 4.78 is 107. The van der Waals surface area contributed by atoms with Crippen molar-refractivity contribution in [2.45, 2.75) is 38.9 Å². The molecular weight excluding hydrogens is 843 g/mol. The number of hydrogen-bond acceptors (Lipinski definition) is 14. The van der Waals surface area contributed by atoms with Crippen LogP contribution in [-0.2, 0) is 49.4 Å². The topological polar surface area (TPSA) is 226 Å². The van der Waals surface area contributed by atoms with Gasteiger partial charge in [0.05, 0.1) is 36.2 Å². The van der Waals surface area contributed by atoms with Gasteiger partial charge < -0.3 is 15.0 Å². The van der Waals surface area contributed by atoms with E-state index in [9.17, 15) is 33.7 Å². The van der Waals surface area contributed by atoms with Crippen molar-refractivity contribution >= 4 is 102 Å². The van der Waals surface area contributed by atoms with Crippen LogP contribution in [0.25, 0.3) is 0 Å². The normalized spacial score (nSPS) is 15.8. The maximum atomic E-state index is 11.9. The molecule has 2 N–H and O–H groups in total. The number of hydrogen-bond donors (Lipinski definition) is 1. The largest absolute Gasteiger partial charge is 0.495 e. The van der Waals surface area contributed by atoms with Crippen molar-refractivity contribution in [3.05, 3.63) is 63.9 Å². The van der Waals surface area contributed by atoms with Crippen molar-refractivity contribution in [3.63, 3.8) is 0 Å². The van der Waals surface area contributed by atoms with Gasteiger partial charge in [0.1, 0.15) is 5.82 Å². The van der Waals surface area contributed by atoms with Gasteiger partial charge in [0, 0.05) is 27.5 Å². The molecule has 1 saturated heterocycles. The summed E-state index contributed by atoms with van der Waals surface area (Å²) in [4.78, 5) is 11.4. The third-order valence-electron chi connectivity index (χ3n) is 6.32. The Morgan fingerprint density at radius 3 is 1.31 bits per heavy atom. The quantitative estimate of drug-likeness (QED) is 0.336. The number of rotatable bonds is 7. The van der Waals surface area contributed by atoms with E-state index < -0.39 is 58.4 Å². The Hall–Kier alpha value is -2.41. The molecule has 1 fully saturated rings. The average Bonchev–Trinajstić information content (AvgIpc) is 3.08. The second-order valence-electron chi connectivity index (χ2n) is 11.2. The molecular formula is C25H35BBr2N6O10S4. The van der Waals surface area contributed by atoms with Crippen LogP contribution in [0, 0.1) is 0 Å². The van der Waals surface area contributed by atoms with Gasteiger partial charge in [0.25, 0.3) is 0 Å². The highest BCUT2D eigenvalue weighted by Crippen LogP contribution is 2.36. The lowest BCUT2D eigenvalue weighted by molar-refractivity contribution is 0.00578. The third-order valence-corrected chi connectivity index (χ3v) is 13.7. The Balaban J connectivity index is 0.000000284. The summed E-state index contributed by atoms with van der Waals surface area (Å²) in [6.45, 7) is 7.53. The first kappa shape index (κ1) is 41.8. The summed E-state index contributed by atoms with van der Waals surface area (Å²) in [6, 6.07) is 9.38. The molecule has 0 amide bonds. The van der Waals surface area contributed by atoms with E-state index in [1.54, 1.807) is 24.4 Å². The number of halogens is 2. The van der Waals surface area contributed by atoms with Crippen molar-refractivity contribution in [2.24, 2.45) is 0 Å². The fraction of sp³-hybridized carbons (Fsp3) is 0.400. The number of anilines is 3. The molecule has 23 heteroatoms. The van der Waals surface area contributed by atoms with E-state index in [1.165, 1.54) is 24.5 Å². The molecule has 266 valence electrons. The Labute approximate surface area is 299 Å². The summed E-state index contributed by atoms with van der Waals surface area (Å²) in [5, 5.41) is 0. The number of nitrogens with zero attached hydrogens (tertiary/aromatic N) is 5. The Bertz CT molecular complexity index is 1970. The SMILES string of the molecule is CC1(C)OB(c2ccnc(N(S(C)(=O)=O)S(C)(=O)=O)c2)OC1(C)C.CS(=O)(=O)N(c1cc(Br)ccn1)S(C)(=O)=O.Nc1cc(Br)ccn1. The van der Waals surface area contributed by atoms with E-state index in [4.69, 9.17) is 15.0 Å². The van der Waals surface area contributed by atoms with Crippen LogP contribution in [-0.4, -0.2) is 92.0 Å². The first-order valence-corrected chi connectivity index (χ1v) is 22.3. The predicted molar refractivity (Wildman–Crippen MR) is 193 cm³/mol. The first-order valence-electron chi connectivity index (χ1n) is 13.3. The van der Waals surface area contributed by atoms with Gasteiger partial charge in [-0.1, -0.05) is 31.9 Å². The van der Waals surface area contributed by atoms with Crippen molar-refractivity contribution in [3.8, 4) is 0 Å². The minimum absolute atomic E-state index is 0.167. The number of aromatic nitrogens is 3. The lowest BCUT2D eigenvalue weighted by Gasteiger charge is -2.32. The molecule has 0 spiro atoms. The van der Waals surface area contributed by atoms with Crippen molar-refractivity contribution < 1.29 is 43.0 Å². The molecule has 0 atom stereocenters. The minimum atomic E-state index is -4.06. The van der Waals surface area contributed by atoms with Crippen LogP contribution < -0.4 is 18.6 Å². The first-order chi connectivity index (χ1) is 21.6. The molecule has 0 unspecified atom stereocenters. The van der Waals surface area contributed by atoms with Crippen molar-refractivity contribution in [2.75, 3.05) is 38.2 Å². The zero-order chi connectivity index (χ0) is 37.1. The Kier molecular flexibility index (Phi) is 13.3. The molecule has 1 aliphatic rings. The highest BCUT2D eigenvalue weighted by molar-refractivity contribution is 9.10. The molecule has 0 bridgehead atoms. The molecule has 0 aromatic carbocycles. The fourth-order valence-electron chi connectivity index (χ4n) is 3.75. The summed E-state index contributed by atoms with van der Waals surface area (Å²) in [5.41, 5.74) is 4.65. The van der Waals surface area contributed by atoms with E-state index in [2.05, 4.69) is 46.8 Å². The van der Waals surface area contributed by atoms with Gasteiger partial charge in [-0.3, -0.25) is 0 Å². The number of sulfonamides is 4. The summed E-state index contributed by atoms with van der Waals surface area (Å²) in [7, 11) is -16.7. The predicted octanol–water partition coefficient (Wildman–Crippen LogP) is 2.10. The Morgan fingerprint density at radius 1 is 0.625 bits per heavy atom. The lowest BCUT2D eigenvalue weighted by atomic mass is 9.80. The van der Waals surface area contributed by atoms with Gasteiger partial charge in [0.15, 0.2) is 11.6 Å². The van der Waals surface area contributed by atoms with Crippen LogP contribution >= 0.6 is 31.9 Å². The van der Waals surface area contributed by atoms with Gasteiger partial charge in [-0.15, -0.1) is 7.42 Å². The highest BCUT2D eigenvalue weighted by Gasteiger charge is 2.52. The maximum Gasteiger partial charge on any atom is 0.495 e. The standard InChI is InChI=1S/C13H21BN2O6S2.C7H9BrN2O4S2.C5H5BrN2/c1-12(2)13(3,4)22-14(21-12)10-7-8-15-11(9-10)16(23(5,17)18)24(6,19)20;1-15(11,12)10(16(2,13)14)7-5-6(8)3-4-9-7;6-4-1-2-8-5(7)3-4/h7-9H,1-6H3;3-5H,1-2H3;1-3H,(H2,7,8). The van der Waals surface area contributed by atoms with Crippen LogP contribution in [0.5, 0.6) is 0 Å². The smallest absolute Gasteiger partial charge is 0.399 e. The van der Waals surface area contributed by atoms with Crippen LogP contribution in [0.4, 0.5) is 17.5 Å². The second-order valence-corrected chi connectivity index (χ2v) is 20.8. The van der Waals surface area contributed by atoms with E-state index in [1.807, 2.05) is 33.8 Å². The van der Waals surface area contributed by atoms with Gasteiger partial charge >= 0.3 is 7.12 Å². The molecule has 4 rings (SSSR count). The summed E-state index contributed by atoms with van der Waals surface area (Å²) in [5.74, 6) is 0.144. The zero-order valence-corrected chi connectivity index (χ0v) is 33.5. The maximum absolute atomic E-state index is 11.9. The van der Waals surface area contributed by atoms with Gasteiger partial charge in [0.2, 0.25) is 40.1 Å². The second kappa shape index (κ2) is 15.2. The van der Waals surface area contributed by atoms with Crippen LogP contribution in [0.15, 0.2) is 63.9 Å². The molecule has 16 nitrogen and oxygen atoms in total. The van der Waals surface area contributed by atoms with Crippen LogP contribution in [0.2, 0.25) is 0 Å². The average molecular weight is 878 g/mol. The monoisotopic (exact) mass is 876 g/mol.